The third-order valence-corrected chi connectivity index (χ3v) is 8.95. The van der Waals surface area contributed by atoms with Gasteiger partial charge in [-0.05, 0) is 64.1 Å². The first-order valence-corrected chi connectivity index (χ1v) is 17.0. The molecular formula is C40H44N2O8. The summed E-state index contributed by atoms with van der Waals surface area (Å²) < 4.78 is 11.1. The summed E-state index contributed by atoms with van der Waals surface area (Å²) in [7, 11) is 0. The van der Waals surface area contributed by atoms with Gasteiger partial charge in [-0.15, -0.1) is 0 Å². The van der Waals surface area contributed by atoms with Crippen LogP contribution in [-0.2, 0) is 35.3 Å². The number of alkyl carbamates (subject to hydrolysis) is 1. The average Bonchev–Trinajstić information content (AvgIpc) is 3.37. The number of allylic oxidation sites excluding steroid dienone is 2. The van der Waals surface area contributed by atoms with Crippen molar-refractivity contribution in [3.05, 3.63) is 101 Å². The number of esters is 1. The summed E-state index contributed by atoms with van der Waals surface area (Å²) in [5.41, 5.74) is 6.03. The van der Waals surface area contributed by atoms with Crippen LogP contribution in [0.3, 0.4) is 0 Å². The molecule has 3 aromatic rings. The number of carbonyl (C=O) groups excluding carboxylic acids is 4. The van der Waals surface area contributed by atoms with Crippen molar-refractivity contribution in [2.75, 3.05) is 11.9 Å². The van der Waals surface area contributed by atoms with Crippen LogP contribution in [-0.4, -0.2) is 47.4 Å². The number of fused-ring (bicyclic) bond motifs is 3. The molecule has 2 aliphatic carbocycles. The van der Waals surface area contributed by atoms with Crippen molar-refractivity contribution < 1.29 is 38.6 Å². The normalized spacial score (nSPS) is 15.6. The molecule has 0 aliphatic heterocycles. The lowest BCUT2D eigenvalue weighted by Gasteiger charge is -2.30. The van der Waals surface area contributed by atoms with Crippen LogP contribution >= 0.6 is 0 Å². The average molecular weight is 681 g/mol. The maximum atomic E-state index is 13.1. The number of carboxylic acids is 1. The molecule has 1 fully saturated rings. The fourth-order valence-electron chi connectivity index (χ4n) is 6.64. The highest BCUT2D eigenvalue weighted by Gasteiger charge is 2.37. The quantitative estimate of drug-likeness (QED) is 0.0971. The van der Waals surface area contributed by atoms with E-state index in [0.717, 1.165) is 22.3 Å². The Balaban J connectivity index is 1.19. The van der Waals surface area contributed by atoms with Crippen molar-refractivity contribution in [2.45, 2.75) is 78.4 Å². The first kappa shape index (κ1) is 36.0. The molecule has 3 aromatic carbocycles. The van der Waals surface area contributed by atoms with Gasteiger partial charge in [-0.3, -0.25) is 14.4 Å². The zero-order valence-electron chi connectivity index (χ0n) is 28.9. The van der Waals surface area contributed by atoms with Crippen LogP contribution in [0.2, 0.25) is 0 Å². The highest BCUT2D eigenvalue weighted by molar-refractivity contribution is 6.23. The zero-order valence-corrected chi connectivity index (χ0v) is 28.9. The smallest absolute Gasteiger partial charge is 0.407 e. The number of nitrogens with one attached hydrogen (secondary N) is 2. The molecule has 1 atom stereocenters. The van der Waals surface area contributed by atoms with Gasteiger partial charge in [-0.2, -0.15) is 0 Å². The van der Waals surface area contributed by atoms with Gasteiger partial charge in [0.05, 0.1) is 5.57 Å². The van der Waals surface area contributed by atoms with Gasteiger partial charge in [0.25, 0.3) is 0 Å². The number of aliphatic carboxylic acids is 1. The summed E-state index contributed by atoms with van der Waals surface area (Å²) in [4.78, 5) is 63.3. The minimum Gasteiger partial charge on any atom is -0.481 e. The van der Waals surface area contributed by atoms with Gasteiger partial charge in [0, 0.05) is 36.6 Å². The van der Waals surface area contributed by atoms with Crippen LogP contribution in [0, 0.1) is 11.3 Å². The summed E-state index contributed by atoms with van der Waals surface area (Å²) in [6.07, 6.45) is -0.235. The van der Waals surface area contributed by atoms with E-state index in [1.807, 2.05) is 76.2 Å². The van der Waals surface area contributed by atoms with E-state index in [-0.39, 0.29) is 60.4 Å². The Morgan fingerprint density at radius 2 is 1.44 bits per heavy atom. The van der Waals surface area contributed by atoms with E-state index in [1.54, 1.807) is 24.3 Å². The molecular weight excluding hydrogens is 636 g/mol. The number of amides is 1. The highest BCUT2D eigenvalue weighted by atomic mass is 16.6. The molecule has 0 heterocycles. The van der Waals surface area contributed by atoms with Crippen molar-refractivity contribution in [1.29, 1.82) is 0 Å². The third-order valence-electron chi connectivity index (χ3n) is 8.95. The molecule has 262 valence electrons. The van der Waals surface area contributed by atoms with Crippen LogP contribution in [0.4, 0.5) is 10.5 Å². The van der Waals surface area contributed by atoms with Gasteiger partial charge in [0.15, 0.2) is 11.6 Å². The molecule has 0 aromatic heterocycles. The molecule has 5 rings (SSSR count). The van der Waals surface area contributed by atoms with Gasteiger partial charge in [-0.25, -0.2) is 9.59 Å². The maximum absolute atomic E-state index is 13.1. The molecule has 1 saturated carbocycles. The van der Waals surface area contributed by atoms with E-state index in [0.29, 0.717) is 36.2 Å². The monoisotopic (exact) mass is 680 g/mol. The van der Waals surface area contributed by atoms with E-state index in [9.17, 15) is 29.1 Å². The Morgan fingerprint density at radius 1 is 0.860 bits per heavy atom. The van der Waals surface area contributed by atoms with Crippen LogP contribution in [0.1, 0.15) is 82.4 Å². The van der Waals surface area contributed by atoms with Gasteiger partial charge >= 0.3 is 18.0 Å². The topological polar surface area (TPSA) is 148 Å². The van der Waals surface area contributed by atoms with Crippen molar-refractivity contribution in [1.82, 2.24) is 5.32 Å². The Labute approximate surface area is 292 Å². The number of ether oxygens (including phenoxy) is 2. The number of hydrogen-bond donors (Lipinski definition) is 3. The Bertz CT molecular complexity index is 1740. The van der Waals surface area contributed by atoms with Gasteiger partial charge in [0.1, 0.15) is 19.3 Å². The van der Waals surface area contributed by atoms with Crippen molar-refractivity contribution in [3.8, 4) is 11.1 Å². The standard InChI is InChI=1S/C40H44N2O8/c1-24(2)19-33(37-34(43)20-40(3,4)21-35(37)44)41-26-15-13-25(14-16-26)22-49-38(47)32(17-18-36(45)46)42-39(48)50-23-31-29-11-7-5-9-27(29)28-10-6-8-12-30(28)31/h5-16,24,31-32,41H,17-23H2,1-4H3,(H,42,48)(H,45,46)/t32-/m0/s1. The van der Waals surface area contributed by atoms with Crippen LogP contribution < -0.4 is 10.6 Å². The molecule has 50 heavy (non-hydrogen) atoms. The highest BCUT2D eigenvalue weighted by Crippen LogP contribution is 2.44. The van der Waals surface area contributed by atoms with Crippen molar-refractivity contribution >= 4 is 35.3 Å². The molecule has 1 amide bonds. The summed E-state index contributed by atoms with van der Waals surface area (Å²) in [5.74, 6) is -2.18. The van der Waals surface area contributed by atoms with E-state index in [4.69, 9.17) is 9.47 Å². The predicted octanol–water partition coefficient (Wildman–Crippen LogP) is 7.17. The first-order valence-electron chi connectivity index (χ1n) is 17.0. The fraction of sp³-hybridized carbons (Fsp3) is 0.375. The van der Waals surface area contributed by atoms with Crippen LogP contribution in [0.5, 0.6) is 0 Å². The molecule has 0 saturated heterocycles. The molecule has 0 spiro atoms. The zero-order chi connectivity index (χ0) is 36.0. The molecule has 10 heteroatoms. The second kappa shape index (κ2) is 15.5. The number of ketones is 2. The second-order valence-corrected chi connectivity index (χ2v) is 14.2. The third kappa shape index (κ3) is 8.85. The number of benzene rings is 3. The number of anilines is 1. The lowest BCUT2D eigenvalue weighted by atomic mass is 9.73. The summed E-state index contributed by atoms with van der Waals surface area (Å²) in [6, 6.07) is 21.6. The van der Waals surface area contributed by atoms with E-state index < -0.39 is 24.1 Å². The van der Waals surface area contributed by atoms with Crippen molar-refractivity contribution in [2.24, 2.45) is 11.3 Å². The molecule has 0 radical (unpaired) electrons. The van der Waals surface area contributed by atoms with Crippen LogP contribution in [0.25, 0.3) is 11.1 Å². The Morgan fingerprint density at radius 3 is 2.00 bits per heavy atom. The SMILES string of the molecule is CC(C)CC(Nc1ccc(COC(=O)[C@H](CCC(=O)O)NC(=O)OCC2c3ccccc3-c3ccccc32)cc1)=C1C(=O)CC(C)(C)CC1=O. The number of carbonyl (C=O) groups is 5. The molecule has 10 nitrogen and oxygen atoms in total. The first-order chi connectivity index (χ1) is 23.8. The summed E-state index contributed by atoms with van der Waals surface area (Å²) >= 11 is 0. The van der Waals surface area contributed by atoms with E-state index in [2.05, 4.69) is 10.6 Å². The Hall–Kier alpha value is -5.25. The maximum Gasteiger partial charge on any atom is 0.407 e. The van der Waals surface area contributed by atoms with E-state index >= 15 is 0 Å². The molecule has 0 bridgehead atoms. The minimum atomic E-state index is -1.23. The van der Waals surface area contributed by atoms with E-state index in [1.165, 1.54) is 0 Å². The minimum absolute atomic E-state index is 0.0385. The van der Waals surface area contributed by atoms with Crippen molar-refractivity contribution in [3.63, 3.8) is 0 Å². The lowest BCUT2D eigenvalue weighted by Crippen LogP contribution is -2.42. The number of carboxylic acid groups (broad SMARTS) is 1. The summed E-state index contributed by atoms with van der Waals surface area (Å²) in [5, 5.41) is 15.0. The number of Topliss-reactive ketones (excluding diaryl/α,β-unsaturated/α-hetero) is 2. The summed E-state index contributed by atoms with van der Waals surface area (Å²) in [6.45, 7) is 7.80. The number of hydrogen-bond acceptors (Lipinski definition) is 8. The second-order valence-electron chi connectivity index (χ2n) is 14.2. The van der Waals surface area contributed by atoms with Gasteiger partial charge in [-0.1, -0.05) is 88.4 Å². The molecule has 0 unspecified atom stereocenters. The number of rotatable bonds is 13. The van der Waals surface area contributed by atoms with Crippen LogP contribution in [0.15, 0.2) is 84.1 Å². The Kier molecular flexibility index (Phi) is 11.2. The van der Waals surface area contributed by atoms with Gasteiger partial charge in [0.2, 0.25) is 0 Å². The predicted molar refractivity (Wildman–Crippen MR) is 188 cm³/mol. The fourth-order valence-corrected chi connectivity index (χ4v) is 6.64. The largest absolute Gasteiger partial charge is 0.481 e. The van der Waals surface area contributed by atoms with Gasteiger partial charge < -0.3 is 25.2 Å². The lowest BCUT2D eigenvalue weighted by molar-refractivity contribution is -0.148. The molecule has 3 N–H and O–H groups in total. The molecule has 2 aliphatic rings.